The van der Waals surface area contributed by atoms with Gasteiger partial charge in [0.1, 0.15) is 5.75 Å². The van der Waals surface area contributed by atoms with Crippen LogP contribution in [0.25, 0.3) is 0 Å². The van der Waals surface area contributed by atoms with E-state index in [-0.39, 0.29) is 24.7 Å². The lowest BCUT2D eigenvalue weighted by atomic mass is 9.73. The van der Waals surface area contributed by atoms with Crippen LogP contribution in [0, 0.1) is 17.8 Å². The van der Waals surface area contributed by atoms with E-state index >= 15 is 0 Å². The van der Waals surface area contributed by atoms with Crippen molar-refractivity contribution in [3.05, 3.63) is 29.3 Å². The molecule has 28 heavy (non-hydrogen) atoms. The second-order valence-corrected chi connectivity index (χ2v) is 8.60. The van der Waals surface area contributed by atoms with E-state index in [1.54, 1.807) is 0 Å². The third-order valence-corrected chi connectivity index (χ3v) is 6.67. The van der Waals surface area contributed by atoms with Gasteiger partial charge in [0.15, 0.2) is 6.61 Å². The number of benzene rings is 1. The Morgan fingerprint density at radius 2 is 2.07 bits per heavy atom. The fraction of sp³-hybridized carbons (Fsp3) is 0.696. The lowest BCUT2D eigenvalue weighted by molar-refractivity contribution is -0.139. The molecule has 3 N–H and O–H groups in total. The first-order valence-electron chi connectivity index (χ1n) is 10.8. The van der Waals surface area contributed by atoms with Crippen molar-refractivity contribution >= 4 is 5.97 Å². The van der Waals surface area contributed by atoms with E-state index in [2.05, 4.69) is 13.0 Å². The van der Waals surface area contributed by atoms with Crippen LogP contribution in [0.15, 0.2) is 18.2 Å². The van der Waals surface area contributed by atoms with E-state index < -0.39 is 5.97 Å². The summed E-state index contributed by atoms with van der Waals surface area (Å²) in [4.78, 5) is 10.8. The van der Waals surface area contributed by atoms with Gasteiger partial charge in [-0.1, -0.05) is 38.3 Å². The Bertz CT molecular complexity index is 658. The van der Waals surface area contributed by atoms with Crippen LogP contribution in [0.1, 0.15) is 63.0 Å². The predicted octanol–water partition coefficient (Wildman–Crippen LogP) is 3.58. The minimum absolute atomic E-state index is 0.238. The normalized spacial score (nSPS) is 27.1. The number of ether oxygens (including phenoxy) is 1. The molecule has 5 atom stereocenters. The highest BCUT2D eigenvalue weighted by atomic mass is 16.5. The van der Waals surface area contributed by atoms with Gasteiger partial charge in [-0.2, -0.15) is 0 Å². The van der Waals surface area contributed by atoms with Gasteiger partial charge in [-0.3, -0.25) is 0 Å². The van der Waals surface area contributed by atoms with E-state index in [0.717, 1.165) is 63.4 Å². The number of hydrogen-bond donors (Lipinski definition) is 3. The van der Waals surface area contributed by atoms with Gasteiger partial charge in [-0.15, -0.1) is 0 Å². The van der Waals surface area contributed by atoms with E-state index in [4.69, 9.17) is 9.84 Å². The molecule has 2 aliphatic rings. The third-order valence-electron chi connectivity index (χ3n) is 6.67. The number of aliphatic carboxylic acids is 1. The number of carboxylic acids is 1. The van der Waals surface area contributed by atoms with E-state index in [1.807, 2.05) is 12.1 Å². The van der Waals surface area contributed by atoms with Crippen molar-refractivity contribution in [3.63, 3.8) is 0 Å². The molecule has 156 valence electrons. The molecule has 1 saturated carbocycles. The Morgan fingerprint density at radius 3 is 2.82 bits per heavy atom. The molecule has 0 radical (unpaired) electrons. The van der Waals surface area contributed by atoms with Crippen LogP contribution in [0.3, 0.4) is 0 Å². The van der Waals surface area contributed by atoms with Gasteiger partial charge in [-0.05, 0) is 73.5 Å². The lowest BCUT2D eigenvalue weighted by Gasteiger charge is -2.32. The molecular formula is C23H34O5. The van der Waals surface area contributed by atoms with Crippen LogP contribution >= 0.6 is 0 Å². The summed E-state index contributed by atoms with van der Waals surface area (Å²) in [6.07, 6.45) is 7.85. The van der Waals surface area contributed by atoms with Crippen molar-refractivity contribution in [1.82, 2.24) is 0 Å². The Kier molecular flexibility index (Phi) is 7.36. The maximum atomic E-state index is 10.8. The van der Waals surface area contributed by atoms with Gasteiger partial charge in [0, 0.05) is 0 Å². The molecule has 0 aromatic heterocycles. The second-order valence-electron chi connectivity index (χ2n) is 8.60. The zero-order chi connectivity index (χ0) is 20.1. The summed E-state index contributed by atoms with van der Waals surface area (Å²) in [7, 11) is 0. The van der Waals surface area contributed by atoms with Crippen LogP contribution in [0.4, 0.5) is 0 Å². The Labute approximate surface area is 167 Å². The van der Waals surface area contributed by atoms with Crippen molar-refractivity contribution in [2.45, 2.75) is 76.9 Å². The molecule has 0 aliphatic heterocycles. The molecule has 1 unspecified atom stereocenters. The zero-order valence-electron chi connectivity index (χ0n) is 16.8. The number of carbonyl (C=O) groups is 1. The summed E-state index contributed by atoms with van der Waals surface area (Å²) in [5.41, 5.74) is 2.32. The molecule has 3 rings (SSSR count). The van der Waals surface area contributed by atoms with Gasteiger partial charge in [0.2, 0.25) is 0 Å². The van der Waals surface area contributed by atoms with Gasteiger partial charge >= 0.3 is 5.97 Å². The molecule has 1 aromatic rings. The lowest BCUT2D eigenvalue weighted by Crippen LogP contribution is -2.28. The van der Waals surface area contributed by atoms with Gasteiger partial charge in [0.25, 0.3) is 0 Å². The maximum absolute atomic E-state index is 10.8. The Morgan fingerprint density at radius 1 is 1.25 bits per heavy atom. The summed E-state index contributed by atoms with van der Waals surface area (Å²) in [5, 5.41) is 29.8. The molecule has 5 nitrogen and oxygen atoms in total. The highest BCUT2D eigenvalue weighted by molar-refractivity contribution is 5.68. The highest BCUT2D eigenvalue weighted by Crippen LogP contribution is 2.48. The third kappa shape index (κ3) is 5.06. The monoisotopic (exact) mass is 390 g/mol. The summed E-state index contributed by atoms with van der Waals surface area (Å²) in [5.74, 6) is 0.768. The topological polar surface area (TPSA) is 87.0 Å². The fourth-order valence-electron chi connectivity index (χ4n) is 5.24. The molecule has 0 spiro atoms. The molecule has 1 fully saturated rings. The van der Waals surface area contributed by atoms with E-state index in [9.17, 15) is 15.0 Å². The van der Waals surface area contributed by atoms with Crippen LogP contribution < -0.4 is 4.74 Å². The summed E-state index contributed by atoms with van der Waals surface area (Å²) in [6, 6.07) is 5.87. The molecule has 0 amide bonds. The molecule has 0 bridgehead atoms. The summed E-state index contributed by atoms with van der Waals surface area (Å²) in [6.45, 7) is 1.84. The quantitative estimate of drug-likeness (QED) is 0.532. The minimum atomic E-state index is -0.972. The molecule has 1 aromatic carbocycles. The zero-order valence-corrected chi connectivity index (χ0v) is 16.8. The maximum Gasteiger partial charge on any atom is 0.341 e. The average molecular weight is 391 g/mol. The fourth-order valence-corrected chi connectivity index (χ4v) is 5.24. The van der Waals surface area contributed by atoms with Crippen molar-refractivity contribution in [2.24, 2.45) is 17.8 Å². The van der Waals surface area contributed by atoms with E-state index in [1.165, 1.54) is 5.56 Å². The highest BCUT2D eigenvalue weighted by Gasteiger charge is 2.44. The predicted molar refractivity (Wildman–Crippen MR) is 107 cm³/mol. The molecule has 5 heteroatoms. The number of hydrogen-bond acceptors (Lipinski definition) is 4. The molecular weight excluding hydrogens is 356 g/mol. The first-order valence-corrected chi connectivity index (χ1v) is 10.8. The van der Waals surface area contributed by atoms with Crippen LogP contribution in [-0.2, 0) is 17.6 Å². The van der Waals surface area contributed by atoms with Crippen molar-refractivity contribution < 1.29 is 24.9 Å². The number of fused-ring (bicyclic) bond motifs is 2. The smallest absolute Gasteiger partial charge is 0.341 e. The van der Waals surface area contributed by atoms with Gasteiger partial charge < -0.3 is 20.1 Å². The average Bonchev–Trinajstić information content (AvgIpc) is 2.97. The van der Waals surface area contributed by atoms with Gasteiger partial charge in [0.05, 0.1) is 12.2 Å². The van der Waals surface area contributed by atoms with Gasteiger partial charge in [-0.25, -0.2) is 4.79 Å². The number of aliphatic hydroxyl groups excluding tert-OH is 2. The van der Waals surface area contributed by atoms with Crippen LogP contribution in [0.2, 0.25) is 0 Å². The summed E-state index contributed by atoms with van der Waals surface area (Å²) < 4.78 is 5.50. The second kappa shape index (κ2) is 9.75. The number of unbranched alkanes of at least 4 members (excludes halogenated alkanes) is 2. The minimum Gasteiger partial charge on any atom is -0.482 e. The van der Waals surface area contributed by atoms with Crippen molar-refractivity contribution in [3.8, 4) is 5.75 Å². The first kappa shape index (κ1) is 21.1. The largest absolute Gasteiger partial charge is 0.482 e. The Balaban J connectivity index is 1.62. The summed E-state index contributed by atoms with van der Waals surface area (Å²) >= 11 is 0. The van der Waals surface area contributed by atoms with Crippen molar-refractivity contribution in [1.29, 1.82) is 0 Å². The van der Waals surface area contributed by atoms with E-state index in [0.29, 0.717) is 17.6 Å². The molecule has 2 aliphatic carbocycles. The van der Waals surface area contributed by atoms with Crippen LogP contribution in [0.5, 0.6) is 5.75 Å². The molecule has 0 heterocycles. The Hall–Kier alpha value is -1.59. The van der Waals surface area contributed by atoms with Crippen molar-refractivity contribution in [2.75, 3.05) is 6.61 Å². The number of carboxylic acid groups (broad SMARTS) is 1. The SMILES string of the molecule is CCCCC[C@@H](O)CC[C@H]1[C@H](O)CC2Cc3c(cccc3OCC(=O)O)C[C@@H]21. The number of aliphatic hydroxyl groups is 2. The molecule has 0 saturated heterocycles. The standard InChI is InChI=1S/C23H34O5/c1-2-3-4-7-17(24)9-10-18-19-11-15-6-5-8-22(28-14-23(26)27)20(15)12-16(19)13-21(18)25/h5-6,8,16-19,21,24-25H,2-4,7,9-14H2,1H3,(H,26,27)/t16?,17-,18-,19+,21-/m1/s1. The van der Waals surface area contributed by atoms with Crippen LogP contribution in [-0.4, -0.2) is 40.1 Å². The number of rotatable bonds is 10. The first-order chi connectivity index (χ1) is 13.5.